The summed E-state index contributed by atoms with van der Waals surface area (Å²) in [5.41, 5.74) is 1.00. The fraction of sp³-hybridized carbons (Fsp3) is 0.385. The molecule has 0 bridgehead atoms. The second-order valence-corrected chi connectivity index (χ2v) is 4.88. The van der Waals surface area contributed by atoms with Crippen molar-refractivity contribution in [2.45, 2.75) is 31.8 Å². The largest absolute Gasteiger partial charge is 0.309 e. The maximum absolute atomic E-state index is 6.11. The van der Waals surface area contributed by atoms with Crippen LogP contribution in [0.2, 0.25) is 10.0 Å². The van der Waals surface area contributed by atoms with Gasteiger partial charge >= 0.3 is 0 Å². The zero-order chi connectivity index (χ0) is 11.4. The van der Waals surface area contributed by atoms with Gasteiger partial charge in [-0.05, 0) is 31.4 Å². The van der Waals surface area contributed by atoms with Crippen LogP contribution in [-0.4, -0.2) is 6.04 Å². The summed E-state index contributed by atoms with van der Waals surface area (Å²) in [5.74, 6) is 0. The Morgan fingerprint density at radius 3 is 2.56 bits per heavy atom. The normalized spacial score (nSPS) is 20.0. The molecule has 0 radical (unpaired) electrons. The SMILES string of the molecule is Clc1cccc(Cl)c1CNC1CC=CCC1. The van der Waals surface area contributed by atoms with Gasteiger partial charge in [0.1, 0.15) is 0 Å². The summed E-state index contributed by atoms with van der Waals surface area (Å²) in [6.07, 6.45) is 7.92. The molecule has 3 heteroatoms. The Morgan fingerprint density at radius 1 is 1.19 bits per heavy atom. The third-order valence-corrected chi connectivity index (χ3v) is 3.61. The van der Waals surface area contributed by atoms with Gasteiger partial charge in [-0.15, -0.1) is 0 Å². The van der Waals surface area contributed by atoms with Crippen LogP contribution in [0.4, 0.5) is 0 Å². The number of allylic oxidation sites excluding steroid dienone is 1. The maximum Gasteiger partial charge on any atom is 0.0465 e. The average molecular weight is 256 g/mol. The van der Waals surface area contributed by atoms with E-state index in [1.54, 1.807) is 0 Å². The molecule has 16 heavy (non-hydrogen) atoms. The third kappa shape index (κ3) is 3.00. The second kappa shape index (κ2) is 5.72. The van der Waals surface area contributed by atoms with Gasteiger partial charge in [0, 0.05) is 28.2 Å². The average Bonchev–Trinajstić information content (AvgIpc) is 2.30. The second-order valence-electron chi connectivity index (χ2n) is 4.06. The van der Waals surface area contributed by atoms with E-state index >= 15 is 0 Å². The summed E-state index contributed by atoms with van der Waals surface area (Å²) in [6, 6.07) is 6.19. The predicted octanol–water partition coefficient (Wildman–Crippen LogP) is 4.19. The van der Waals surface area contributed by atoms with Crippen LogP contribution in [0.3, 0.4) is 0 Å². The van der Waals surface area contributed by atoms with Gasteiger partial charge in [-0.2, -0.15) is 0 Å². The maximum atomic E-state index is 6.11. The van der Waals surface area contributed by atoms with E-state index in [2.05, 4.69) is 17.5 Å². The molecule has 0 aliphatic heterocycles. The monoisotopic (exact) mass is 255 g/mol. The van der Waals surface area contributed by atoms with Crippen LogP contribution in [0.1, 0.15) is 24.8 Å². The molecule has 1 N–H and O–H groups in total. The molecule has 1 atom stereocenters. The first-order chi connectivity index (χ1) is 7.77. The van der Waals surface area contributed by atoms with Crippen molar-refractivity contribution in [1.29, 1.82) is 0 Å². The quantitative estimate of drug-likeness (QED) is 0.799. The summed E-state index contributed by atoms with van der Waals surface area (Å²) in [4.78, 5) is 0. The Bertz CT molecular complexity index is 367. The molecule has 1 aromatic carbocycles. The van der Waals surface area contributed by atoms with Crippen LogP contribution >= 0.6 is 23.2 Å². The molecule has 0 heterocycles. The van der Waals surface area contributed by atoms with Crippen molar-refractivity contribution in [3.63, 3.8) is 0 Å². The van der Waals surface area contributed by atoms with E-state index in [-0.39, 0.29) is 0 Å². The highest BCUT2D eigenvalue weighted by Crippen LogP contribution is 2.24. The third-order valence-electron chi connectivity index (χ3n) is 2.90. The van der Waals surface area contributed by atoms with Crippen molar-refractivity contribution >= 4 is 23.2 Å². The highest BCUT2D eigenvalue weighted by Gasteiger charge is 2.11. The Morgan fingerprint density at radius 2 is 1.94 bits per heavy atom. The number of halogens is 2. The van der Waals surface area contributed by atoms with Crippen LogP contribution in [0.25, 0.3) is 0 Å². The van der Waals surface area contributed by atoms with Crippen molar-refractivity contribution in [3.05, 3.63) is 46.0 Å². The first-order valence-electron chi connectivity index (χ1n) is 5.58. The molecule has 0 fully saturated rings. The first kappa shape index (κ1) is 12.0. The Balaban J connectivity index is 1.96. The summed E-state index contributed by atoms with van der Waals surface area (Å²) < 4.78 is 0. The first-order valence-corrected chi connectivity index (χ1v) is 6.34. The van der Waals surface area contributed by atoms with Crippen molar-refractivity contribution in [1.82, 2.24) is 5.32 Å². The fourth-order valence-electron chi connectivity index (χ4n) is 1.93. The lowest BCUT2D eigenvalue weighted by atomic mass is 10.0. The molecule has 0 saturated carbocycles. The summed E-state index contributed by atoms with van der Waals surface area (Å²) in [7, 11) is 0. The standard InChI is InChI=1S/C13H15Cl2N/c14-12-7-4-8-13(15)11(12)9-16-10-5-2-1-3-6-10/h1-2,4,7-8,10,16H,3,5-6,9H2. The fourth-order valence-corrected chi connectivity index (χ4v) is 2.46. The topological polar surface area (TPSA) is 12.0 Å². The van der Waals surface area contributed by atoms with Crippen molar-refractivity contribution in [3.8, 4) is 0 Å². The minimum Gasteiger partial charge on any atom is -0.309 e. The van der Waals surface area contributed by atoms with E-state index in [9.17, 15) is 0 Å². The Hall–Kier alpha value is -0.500. The lowest BCUT2D eigenvalue weighted by Crippen LogP contribution is -2.29. The van der Waals surface area contributed by atoms with Gasteiger partial charge < -0.3 is 5.32 Å². The van der Waals surface area contributed by atoms with Crippen molar-refractivity contribution in [2.24, 2.45) is 0 Å². The molecule has 1 aliphatic rings. The molecule has 86 valence electrons. The molecular formula is C13H15Cl2N. The van der Waals surface area contributed by atoms with E-state index in [0.29, 0.717) is 6.04 Å². The lowest BCUT2D eigenvalue weighted by Gasteiger charge is -2.20. The Kier molecular flexibility index (Phi) is 4.28. The van der Waals surface area contributed by atoms with Gasteiger partial charge in [-0.3, -0.25) is 0 Å². The van der Waals surface area contributed by atoms with Gasteiger partial charge in [-0.1, -0.05) is 41.4 Å². The molecule has 1 unspecified atom stereocenters. The zero-order valence-electron chi connectivity index (χ0n) is 9.05. The molecule has 0 aromatic heterocycles. The van der Waals surface area contributed by atoms with Crippen molar-refractivity contribution < 1.29 is 0 Å². The van der Waals surface area contributed by atoms with Crippen LogP contribution in [0.5, 0.6) is 0 Å². The molecule has 1 aromatic rings. The number of hydrogen-bond donors (Lipinski definition) is 1. The van der Waals surface area contributed by atoms with E-state index in [1.165, 1.54) is 6.42 Å². The van der Waals surface area contributed by atoms with Crippen LogP contribution in [-0.2, 0) is 6.54 Å². The van der Waals surface area contributed by atoms with E-state index < -0.39 is 0 Å². The van der Waals surface area contributed by atoms with Crippen LogP contribution < -0.4 is 5.32 Å². The molecule has 0 amide bonds. The smallest absolute Gasteiger partial charge is 0.0465 e. The van der Waals surface area contributed by atoms with Gasteiger partial charge in [-0.25, -0.2) is 0 Å². The number of benzene rings is 1. The summed E-state index contributed by atoms with van der Waals surface area (Å²) >= 11 is 12.2. The molecule has 0 spiro atoms. The highest BCUT2D eigenvalue weighted by atomic mass is 35.5. The summed E-state index contributed by atoms with van der Waals surface area (Å²) in [5, 5.41) is 4.98. The van der Waals surface area contributed by atoms with Crippen molar-refractivity contribution in [2.75, 3.05) is 0 Å². The van der Waals surface area contributed by atoms with Crippen LogP contribution in [0, 0.1) is 0 Å². The molecule has 0 saturated heterocycles. The highest BCUT2D eigenvalue weighted by molar-refractivity contribution is 6.35. The molecule has 1 nitrogen and oxygen atoms in total. The van der Waals surface area contributed by atoms with E-state index in [1.807, 2.05) is 18.2 Å². The molecular weight excluding hydrogens is 241 g/mol. The van der Waals surface area contributed by atoms with Gasteiger partial charge in [0.25, 0.3) is 0 Å². The minimum atomic E-state index is 0.553. The number of nitrogens with one attached hydrogen (secondary N) is 1. The van der Waals surface area contributed by atoms with E-state index in [0.717, 1.165) is 35.0 Å². The minimum absolute atomic E-state index is 0.553. The zero-order valence-corrected chi connectivity index (χ0v) is 10.6. The number of hydrogen-bond acceptors (Lipinski definition) is 1. The van der Waals surface area contributed by atoms with Gasteiger partial charge in [0.05, 0.1) is 0 Å². The number of rotatable bonds is 3. The van der Waals surface area contributed by atoms with E-state index in [4.69, 9.17) is 23.2 Å². The molecule has 2 rings (SSSR count). The predicted molar refractivity (Wildman–Crippen MR) is 70.1 cm³/mol. The summed E-state index contributed by atoms with van der Waals surface area (Å²) in [6.45, 7) is 0.747. The van der Waals surface area contributed by atoms with Crippen LogP contribution in [0.15, 0.2) is 30.4 Å². The van der Waals surface area contributed by atoms with Gasteiger partial charge in [0.15, 0.2) is 0 Å². The Labute approximate surface area is 106 Å². The lowest BCUT2D eigenvalue weighted by molar-refractivity contribution is 0.474. The molecule has 1 aliphatic carbocycles. The van der Waals surface area contributed by atoms with Gasteiger partial charge in [0.2, 0.25) is 0 Å².